The Hall–Kier alpha value is -1.96. The summed E-state index contributed by atoms with van der Waals surface area (Å²) in [6, 6.07) is 10.2. The van der Waals surface area contributed by atoms with Crippen molar-refractivity contribution in [3.63, 3.8) is 0 Å². The van der Waals surface area contributed by atoms with Crippen molar-refractivity contribution in [3.8, 4) is 0 Å². The average molecular weight is 430 g/mol. The van der Waals surface area contributed by atoms with Crippen LogP contribution in [0.3, 0.4) is 0 Å². The minimum absolute atomic E-state index is 0.0714. The summed E-state index contributed by atoms with van der Waals surface area (Å²) in [5.74, 6) is -0.355. The van der Waals surface area contributed by atoms with Crippen molar-refractivity contribution in [1.82, 2.24) is 15.1 Å². The second-order valence-corrected chi connectivity index (χ2v) is 9.10. The van der Waals surface area contributed by atoms with Gasteiger partial charge in [0.1, 0.15) is 0 Å². The maximum absolute atomic E-state index is 13.3. The van der Waals surface area contributed by atoms with Crippen LogP contribution in [-0.4, -0.2) is 73.5 Å². The fraction of sp³-hybridized carbons (Fsp3) is 0.667. The minimum Gasteiger partial charge on any atom is -0.348 e. The number of amides is 3. The summed E-state index contributed by atoms with van der Waals surface area (Å²) in [4.78, 5) is 29.8. The van der Waals surface area contributed by atoms with Gasteiger partial charge >= 0.3 is 6.03 Å². The van der Waals surface area contributed by atoms with Gasteiger partial charge in [-0.1, -0.05) is 30.3 Å². The van der Waals surface area contributed by atoms with E-state index in [1.54, 1.807) is 0 Å². The zero-order chi connectivity index (χ0) is 21.8. The number of carbonyl (C=O) groups excluding carboxylic acids is 2. The molecule has 1 N–H and O–H groups in total. The van der Waals surface area contributed by atoms with Crippen LogP contribution in [0, 0.1) is 11.8 Å². The molecule has 0 radical (unpaired) electrons. The van der Waals surface area contributed by atoms with E-state index in [0.717, 1.165) is 32.1 Å². The fourth-order valence-electron chi connectivity index (χ4n) is 5.60. The van der Waals surface area contributed by atoms with Gasteiger partial charge in [-0.3, -0.25) is 9.69 Å². The molecule has 2 saturated heterocycles. The van der Waals surface area contributed by atoms with Gasteiger partial charge in [0.2, 0.25) is 5.91 Å². The molecule has 0 bridgehead atoms. The van der Waals surface area contributed by atoms with E-state index in [4.69, 9.17) is 9.47 Å². The van der Waals surface area contributed by atoms with Crippen LogP contribution < -0.4 is 5.32 Å². The van der Waals surface area contributed by atoms with E-state index in [-0.39, 0.29) is 17.9 Å². The number of piperidine rings is 1. The van der Waals surface area contributed by atoms with E-state index < -0.39 is 5.79 Å². The summed E-state index contributed by atoms with van der Waals surface area (Å²) in [6.07, 6.45) is 4.31. The van der Waals surface area contributed by atoms with E-state index in [0.29, 0.717) is 44.8 Å². The molecule has 2 heterocycles. The molecule has 1 aromatic rings. The number of benzene rings is 1. The lowest BCUT2D eigenvalue weighted by atomic mass is 9.72. The van der Waals surface area contributed by atoms with E-state index >= 15 is 0 Å². The largest absolute Gasteiger partial charge is 0.348 e. The van der Waals surface area contributed by atoms with Crippen molar-refractivity contribution < 1.29 is 19.1 Å². The molecule has 4 rings (SSSR count). The second-order valence-electron chi connectivity index (χ2n) is 9.10. The van der Waals surface area contributed by atoms with Gasteiger partial charge in [0.15, 0.2) is 5.79 Å². The van der Waals surface area contributed by atoms with Crippen LogP contribution in [0.5, 0.6) is 0 Å². The Balaban J connectivity index is 1.34. The number of nitrogens with zero attached hydrogens (tertiary/aromatic N) is 2. The highest BCUT2D eigenvalue weighted by Crippen LogP contribution is 2.45. The Morgan fingerprint density at radius 2 is 1.97 bits per heavy atom. The van der Waals surface area contributed by atoms with E-state index in [9.17, 15) is 9.59 Å². The van der Waals surface area contributed by atoms with Gasteiger partial charge in [-0.2, -0.15) is 0 Å². The molecule has 1 aromatic carbocycles. The Morgan fingerprint density at radius 3 is 2.68 bits per heavy atom. The second kappa shape index (κ2) is 9.67. The number of hydrogen-bond donors (Lipinski definition) is 1. The highest BCUT2D eigenvalue weighted by atomic mass is 16.7. The maximum Gasteiger partial charge on any atom is 0.324 e. The molecule has 31 heavy (non-hydrogen) atoms. The summed E-state index contributed by atoms with van der Waals surface area (Å²) in [5, 5.41) is 2.92. The maximum atomic E-state index is 13.3. The van der Waals surface area contributed by atoms with Gasteiger partial charge in [0, 0.05) is 38.5 Å². The predicted molar refractivity (Wildman–Crippen MR) is 117 cm³/mol. The lowest BCUT2D eigenvalue weighted by Crippen LogP contribution is -2.57. The smallest absolute Gasteiger partial charge is 0.324 e. The molecule has 1 saturated carbocycles. The van der Waals surface area contributed by atoms with Crippen LogP contribution in [0.1, 0.15) is 38.2 Å². The summed E-state index contributed by atoms with van der Waals surface area (Å²) in [5.41, 5.74) is 1.17. The number of hydrogen-bond acceptors (Lipinski definition) is 5. The first-order valence-corrected chi connectivity index (χ1v) is 11.6. The van der Waals surface area contributed by atoms with Crippen molar-refractivity contribution in [3.05, 3.63) is 35.9 Å². The molecule has 0 unspecified atom stereocenters. The van der Waals surface area contributed by atoms with Crippen molar-refractivity contribution in [1.29, 1.82) is 0 Å². The molecular weight excluding hydrogens is 394 g/mol. The van der Waals surface area contributed by atoms with Crippen molar-refractivity contribution in [2.45, 2.75) is 50.9 Å². The molecule has 7 nitrogen and oxygen atoms in total. The molecule has 3 amide bonds. The third-order valence-corrected chi connectivity index (χ3v) is 7.12. The third-order valence-electron chi connectivity index (χ3n) is 7.12. The minimum atomic E-state index is -0.452. The number of ether oxygens (including phenoxy) is 2. The number of imide groups is 1. The summed E-state index contributed by atoms with van der Waals surface area (Å²) in [6.45, 7) is 4.76. The van der Waals surface area contributed by atoms with Gasteiger partial charge in [-0.05, 0) is 44.7 Å². The van der Waals surface area contributed by atoms with Crippen LogP contribution in [0.4, 0.5) is 4.79 Å². The van der Waals surface area contributed by atoms with E-state index in [2.05, 4.69) is 17.3 Å². The summed E-state index contributed by atoms with van der Waals surface area (Å²) >= 11 is 0. The van der Waals surface area contributed by atoms with Gasteiger partial charge < -0.3 is 19.7 Å². The topological polar surface area (TPSA) is 71.1 Å². The normalized spacial score (nSPS) is 27.6. The molecule has 170 valence electrons. The van der Waals surface area contributed by atoms with E-state index in [1.807, 2.05) is 37.3 Å². The van der Waals surface area contributed by atoms with Crippen molar-refractivity contribution in [2.75, 3.05) is 39.9 Å². The molecular formula is C24H35N3O4. The van der Waals surface area contributed by atoms with Crippen LogP contribution in [0.25, 0.3) is 0 Å². The third kappa shape index (κ3) is 4.94. The predicted octanol–water partition coefficient (Wildman–Crippen LogP) is 2.65. The SMILES string of the molecule is CCN(C(=O)NCCc1ccccc1)C(=O)[C@@H]1C[C@@H]2CC3(CC[C@H]2N(C)C1)OCCO3. The molecule has 7 heteroatoms. The Kier molecular flexibility index (Phi) is 6.94. The molecule has 3 fully saturated rings. The molecule has 3 aliphatic rings. The first-order chi connectivity index (χ1) is 15.0. The van der Waals surface area contributed by atoms with Crippen LogP contribution in [-0.2, 0) is 20.7 Å². The average Bonchev–Trinajstić information content (AvgIpc) is 3.22. The van der Waals surface area contributed by atoms with Crippen molar-refractivity contribution in [2.24, 2.45) is 11.8 Å². The van der Waals surface area contributed by atoms with Gasteiger partial charge in [0.25, 0.3) is 0 Å². The van der Waals surface area contributed by atoms with Crippen LogP contribution in [0.2, 0.25) is 0 Å². The monoisotopic (exact) mass is 429 g/mol. The van der Waals surface area contributed by atoms with Crippen LogP contribution >= 0.6 is 0 Å². The zero-order valence-electron chi connectivity index (χ0n) is 18.7. The van der Waals surface area contributed by atoms with E-state index in [1.165, 1.54) is 10.5 Å². The number of nitrogens with one attached hydrogen (secondary N) is 1. The molecule has 1 spiro atoms. The number of urea groups is 1. The number of fused-ring (bicyclic) bond motifs is 1. The Labute approximate surface area is 185 Å². The standard InChI is InChI=1S/C24H35N3O4/c1-3-27(23(29)25-12-10-18-7-5-4-6-8-18)22(28)20-15-19-16-24(30-13-14-31-24)11-9-21(19)26(2)17-20/h4-8,19-21H,3,9-17H2,1-2H3,(H,25,29)/t19-,20-,21-/m1/s1. The van der Waals surface area contributed by atoms with Crippen LogP contribution in [0.15, 0.2) is 30.3 Å². The lowest BCUT2D eigenvalue weighted by molar-refractivity contribution is -0.202. The first-order valence-electron chi connectivity index (χ1n) is 11.6. The lowest BCUT2D eigenvalue weighted by Gasteiger charge is -2.49. The quantitative estimate of drug-likeness (QED) is 0.779. The Morgan fingerprint density at radius 1 is 1.23 bits per heavy atom. The number of rotatable bonds is 5. The zero-order valence-corrected chi connectivity index (χ0v) is 18.7. The Bertz CT molecular complexity index is 765. The van der Waals surface area contributed by atoms with Gasteiger partial charge in [-0.15, -0.1) is 0 Å². The molecule has 1 aliphatic carbocycles. The highest BCUT2D eigenvalue weighted by molar-refractivity contribution is 5.95. The highest BCUT2D eigenvalue weighted by Gasteiger charge is 2.49. The van der Waals surface area contributed by atoms with Gasteiger partial charge in [-0.25, -0.2) is 4.79 Å². The fourth-order valence-corrected chi connectivity index (χ4v) is 5.60. The van der Waals surface area contributed by atoms with Gasteiger partial charge in [0.05, 0.1) is 19.1 Å². The molecule has 0 aromatic heterocycles. The summed E-state index contributed by atoms with van der Waals surface area (Å²) in [7, 11) is 2.10. The first kappa shape index (κ1) is 22.2. The number of carbonyl (C=O) groups is 2. The molecule has 3 atom stereocenters. The summed E-state index contributed by atoms with van der Waals surface area (Å²) < 4.78 is 11.9. The van der Waals surface area contributed by atoms with Crippen molar-refractivity contribution >= 4 is 11.9 Å². The number of likely N-dealkylation sites (tertiary alicyclic amines) is 1. The molecule has 2 aliphatic heterocycles.